The molecule has 0 spiro atoms. The smallest absolute Gasteiger partial charge is 0.324 e. The monoisotopic (exact) mass is 274 g/mol. The lowest BCUT2D eigenvalue weighted by Crippen LogP contribution is -3.16. The van der Waals surface area contributed by atoms with Gasteiger partial charge in [0.25, 0.3) is 5.91 Å². The zero-order valence-electron chi connectivity index (χ0n) is 11.7. The lowest BCUT2D eigenvalue weighted by molar-refractivity contribution is -0.930. The van der Waals surface area contributed by atoms with Gasteiger partial charge in [0.05, 0.1) is 6.54 Å². The Morgan fingerprint density at radius 2 is 2.10 bits per heavy atom. The molecule has 3 amide bonds. The predicted molar refractivity (Wildman–Crippen MR) is 74.3 cm³/mol. The highest BCUT2D eigenvalue weighted by Gasteiger charge is 2.36. The van der Waals surface area contributed by atoms with Crippen molar-refractivity contribution in [1.29, 1.82) is 0 Å². The minimum absolute atomic E-state index is 0.0608. The van der Waals surface area contributed by atoms with Gasteiger partial charge in [-0.25, -0.2) is 4.79 Å². The molecule has 1 aromatic rings. The van der Waals surface area contributed by atoms with Crippen molar-refractivity contribution in [3.8, 4) is 0 Å². The quantitative estimate of drug-likeness (QED) is 0.769. The summed E-state index contributed by atoms with van der Waals surface area (Å²) in [6, 6.07) is 7.97. The fourth-order valence-corrected chi connectivity index (χ4v) is 3.06. The van der Waals surface area contributed by atoms with Crippen molar-refractivity contribution in [1.82, 2.24) is 10.2 Å². The molecule has 0 bridgehead atoms. The molecule has 5 nitrogen and oxygen atoms in total. The third-order valence-corrected chi connectivity index (χ3v) is 4.36. The molecule has 0 saturated carbocycles. The number of carbonyl (C=O) groups excluding carboxylic acids is 2. The highest BCUT2D eigenvalue weighted by atomic mass is 16.2. The van der Waals surface area contributed by atoms with Crippen molar-refractivity contribution in [2.45, 2.75) is 25.9 Å². The Bertz CT molecular complexity index is 544. The van der Waals surface area contributed by atoms with Crippen LogP contribution in [0.3, 0.4) is 0 Å². The van der Waals surface area contributed by atoms with E-state index in [1.807, 2.05) is 13.0 Å². The zero-order valence-corrected chi connectivity index (χ0v) is 11.7. The van der Waals surface area contributed by atoms with Crippen molar-refractivity contribution in [3.05, 3.63) is 35.4 Å². The van der Waals surface area contributed by atoms with Gasteiger partial charge in [0.2, 0.25) is 0 Å². The molecular weight excluding hydrogens is 254 g/mol. The maximum absolute atomic E-state index is 12.4. The summed E-state index contributed by atoms with van der Waals surface area (Å²) < 4.78 is 0. The number of quaternary nitrogens is 1. The maximum Gasteiger partial charge on any atom is 0.324 e. The van der Waals surface area contributed by atoms with Crippen LogP contribution in [0, 0.1) is 0 Å². The Kier molecular flexibility index (Phi) is 3.44. The summed E-state index contributed by atoms with van der Waals surface area (Å²) >= 11 is 0. The van der Waals surface area contributed by atoms with E-state index >= 15 is 0 Å². The molecule has 3 rings (SSSR count). The molecule has 1 aromatic carbocycles. The van der Waals surface area contributed by atoms with Gasteiger partial charge in [0.1, 0.15) is 6.54 Å². The summed E-state index contributed by atoms with van der Waals surface area (Å²) in [5, 5.41) is 2.68. The fourth-order valence-electron chi connectivity index (χ4n) is 3.06. The average Bonchev–Trinajstić information content (AvgIpc) is 2.91. The van der Waals surface area contributed by atoms with Crippen molar-refractivity contribution in [2.24, 2.45) is 0 Å². The van der Waals surface area contributed by atoms with Gasteiger partial charge in [-0.1, -0.05) is 24.3 Å². The van der Waals surface area contributed by atoms with Gasteiger partial charge in [0, 0.05) is 25.1 Å². The molecule has 2 heterocycles. The molecule has 2 N–H and O–H groups in total. The highest BCUT2D eigenvalue weighted by Crippen LogP contribution is 2.11. The van der Waals surface area contributed by atoms with Crippen LogP contribution in [0.1, 0.15) is 18.1 Å². The second kappa shape index (κ2) is 5.25. The number of hydrogen-bond acceptors (Lipinski definition) is 2. The van der Waals surface area contributed by atoms with Crippen LogP contribution >= 0.6 is 0 Å². The van der Waals surface area contributed by atoms with Crippen molar-refractivity contribution >= 4 is 11.9 Å². The molecule has 2 aliphatic heterocycles. The summed E-state index contributed by atoms with van der Waals surface area (Å²) in [6.07, 6.45) is 0.995. The topological polar surface area (TPSA) is 53.9 Å². The molecule has 106 valence electrons. The Hall–Kier alpha value is -1.88. The van der Waals surface area contributed by atoms with Gasteiger partial charge in [0.15, 0.2) is 6.04 Å². The molecule has 5 heteroatoms. The number of imide groups is 1. The van der Waals surface area contributed by atoms with Gasteiger partial charge in [-0.2, -0.15) is 0 Å². The standard InChI is InChI=1S/C15H19N3O2/c1-11(14(19)18-9-7-16-15(18)20)17-8-6-12-4-2-3-5-13(12)10-17/h2-5,11H,6-10H2,1H3,(H,16,20)/p+1/t11-/m0/s1. The summed E-state index contributed by atoms with van der Waals surface area (Å²) in [6.45, 7) is 4.79. The first-order valence-corrected chi connectivity index (χ1v) is 7.17. The number of nitrogens with one attached hydrogen (secondary N) is 2. The molecule has 20 heavy (non-hydrogen) atoms. The van der Waals surface area contributed by atoms with Crippen LogP contribution in [0.2, 0.25) is 0 Å². The van der Waals surface area contributed by atoms with E-state index in [0.717, 1.165) is 19.5 Å². The summed E-state index contributed by atoms with van der Waals surface area (Å²) in [7, 11) is 0. The lowest BCUT2D eigenvalue weighted by Gasteiger charge is -2.31. The third-order valence-electron chi connectivity index (χ3n) is 4.36. The Balaban J connectivity index is 1.71. The van der Waals surface area contributed by atoms with Crippen LogP contribution in [0.15, 0.2) is 24.3 Å². The Morgan fingerprint density at radius 1 is 1.35 bits per heavy atom. The number of amides is 3. The zero-order chi connectivity index (χ0) is 14.1. The first-order chi connectivity index (χ1) is 9.66. The molecule has 1 unspecified atom stereocenters. The van der Waals surface area contributed by atoms with Gasteiger partial charge in [-0.3, -0.25) is 9.69 Å². The highest BCUT2D eigenvalue weighted by molar-refractivity contribution is 5.97. The summed E-state index contributed by atoms with van der Waals surface area (Å²) in [4.78, 5) is 26.6. The van der Waals surface area contributed by atoms with Crippen LogP contribution in [0.25, 0.3) is 0 Å². The van der Waals surface area contributed by atoms with E-state index in [1.54, 1.807) is 0 Å². The Labute approximate surface area is 118 Å². The number of fused-ring (bicyclic) bond motifs is 1. The molecule has 1 saturated heterocycles. The maximum atomic E-state index is 12.4. The first-order valence-electron chi connectivity index (χ1n) is 7.17. The second-order valence-electron chi connectivity index (χ2n) is 5.55. The summed E-state index contributed by atoms with van der Waals surface area (Å²) in [5.74, 6) is -0.0608. The van der Waals surface area contributed by atoms with Crippen LogP contribution in [0.4, 0.5) is 4.79 Å². The number of urea groups is 1. The average molecular weight is 274 g/mol. The van der Waals surface area contributed by atoms with Gasteiger partial charge in [-0.15, -0.1) is 0 Å². The Morgan fingerprint density at radius 3 is 2.80 bits per heavy atom. The normalized spacial score (nSPS) is 23.1. The van der Waals surface area contributed by atoms with E-state index in [-0.39, 0.29) is 18.0 Å². The first kappa shape index (κ1) is 13.1. The van der Waals surface area contributed by atoms with E-state index < -0.39 is 0 Å². The van der Waals surface area contributed by atoms with Gasteiger partial charge >= 0.3 is 6.03 Å². The predicted octanol–water partition coefficient (Wildman–Crippen LogP) is -0.432. The van der Waals surface area contributed by atoms with E-state index in [1.165, 1.54) is 20.9 Å². The molecule has 2 atom stereocenters. The van der Waals surface area contributed by atoms with Crippen molar-refractivity contribution in [3.63, 3.8) is 0 Å². The van der Waals surface area contributed by atoms with Crippen molar-refractivity contribution in [2.75, 3.05) is 19.6 Å². The number of benzene rings is 1. The SMILES string of the molecule is C[C@@H](C(=O)N1CCNC1=O)[NH+]1CCc2ccccc2C1. The minimum Gasteiger partial charge on any atom is -0.336 e. The van der Waals surface area contributed by atoms with E-state index in [0.29, 0.717) is 13.1 Å². The molecule has 1 fully saturated rings. The van der Waals surface area contributed by atoms with E-state index in [2.05, 4.69) is 23.5 Å². The minimum atomic E-state index is -0.251. The molecule has 0 aliphatic carbocycles. The molecule has 0 aromatic heterocycles. The van der Waals surface area contributed by atoms with E-state index in [4.69, 9.17) is 0 Å². The molecule has 0 radical (unpaired) electrons. The van der Waals surface area contributed by atoms with Crippen LogP contribution in [-0.4, -0.2) is 42.5 Å². The van der Waals surface area contributed by atoms with Crippen molar-refractivity contribution < 1.29 is 14.5 Å². The number of nitrogens with zero attached hydrogens (tertiary/aromatic N) is 1. The van der Waals surface area contributed by atoms with Crippen LogP contribution in [0.5, 0.6) is 0 Å². The van der Waals surface area contributed by atoms with Crippen LogP contribution < -0.4 is 10.2 Å². The van der Waals surface area contributed by atoms with E-state index in [9.17, 15) is 9.59 Å². The number of carbonyl (C=O) groups is 2. The molecular formula is C15H20N3O2+. The number of rotatable bonds is 2. The number of hydrogen-bond donors (Lipinski definition) is 2. The second-order valence-corrected chi connectivity index (χ2v) is 5.55. The summed E-state index contributed by atoms with van der Waals surface area (Å²) in [5.41, 5.74) is 2.70. The van der Waals surface area contributed by atoms with Gasteiger partial charge < -0.3 is 10.2 Å². The lowest BCUT2D eigenvalue weighted by atomic mass is 9.98. The largest absolute Gasteiger partial charge is 0.336 e. The third kappa shape index (κ3) is 2.29. The van der Waals surface area contributed by atoms with Crippen LogP contribution in [-0.2, 0) is 17.8 Å². The fraction of sp³-hybridized carbons (Fsp3) is 0.467. The molecule has 2 aliphatic rings. The van der Waals surface area contributed by atoms with Gasteiger partial charge in [-0.05, 0) is 12.5 Å².